The Balaban J connectivity index is 1.67. The van der Waals surface area contributed by atoms with E-state index in [-0.39, 0.29) is 11.8 Å². The van der Waals surface area contributed by atoms with Gasteiger partial charge in [0.25, 0.3) is 0 Å². The highest BCUT2D eigenvalue weighted by atomic mass is 16.7. The molecule has 0 saturated carbocycles. The molecule has 2 aliphatic heterocycles. The topological polar surface area (TPSA) is 48.0 Å². The summed E-state index contributed by atoms with van der Waals surface area (Å²) in [5, 5.41) is 0. The van der Waals surface area contributed by atoms with Crippen LogP contribution in [0.25, 0.3) is 0 Å². The van der Waals surface area contributed by atoms with Gasteiger partial charge < -0.3 is 19.1 Å². The molecule has 1 spiro atoms. The van der Waals surface area contributed by atoms with Gasteiger partial charge in [-0.15, -0.1) is 0 Å². The number of hydrogen-bond acceptors (Lipinski definition) is 5. The molecule has 5 heteroatoms. The Morgan fingerprint density at radius 1 is 1.21 bits per heavy atom. The third kappa shape index (κ3) is 4.44. The van der Waals surface area contributed by atoms with E-state index in [1.807, 2.05) is 20.8 Å². The minimum absolute atomic E-state index is 0.124. The lowest BCUT2D eigenvalue weighted by atomic mass is 10.0. The summed E-state index contributed by atoms with van der Waals surface area (Å²) in [7, 11) is 0. The van der Waals surface area contributed by atoms with Crippen molar-refractivity contribution in [3.05, 3.63) is 0 Å². The number of rotatable bonds is 3. The van der Waals surface area contributed by atoms with Crippen molar-refractivity contribution in [3.8, 4) is 0 Å². The van der Waals surface area contributed by atoms with Crippen LogP contribution in [0.15, 0.2) is 0 Å². The molecule has 0 aromatic heterocycles. The van der Waals surface area contributed by atoms with E-state index in [1.165, 1.54) is 0 Å². The average Bonchev–Trinajstić information content (AvgIpc) is 2.75. The van der Waals surface area contributed by atoms with Gasteiger partial charge in [0.2, 0.25) is 0 Å². The summed E-state index contributed by atoms with van der Waals surface area (Å²) in [6, 6.07) is 0. The predicted octanol–water partition coefficient (Wildman–Crippen LogP) is 1.56. The van der Waals surface area contributed by atoms with E-state index in [9.17, 15) is 4.79 Å². The molecule has 2 fully saturated rings. The molecule has 19 heavy (non-hydrogen) atoms. The van der Waals surface area contributed by atoms with Gasteiger partial charge in [-0.05, 0) is 20.8 Å². The van der Waals surface area contributed by atoms with Crippen LogP contribution in [-0.2, 0) is 19.0 Å². The average molecular weight is 271 g/mol. The van der Waals surface area contributed by atoms with Gasteiger partial charge in [0.05, 0.1) is 19.6 Å². The molecular formula is C14H25NO4. The number of likely N-dealkylation sites (tertiary alicyclic amines) is 1. The molecule has 5 nitrogen and oxygen atoms in total. The highest BCUT2D eigenvalue weighted by Gasteiger charge is 2.39. The molecule has 0 aromatic rings. The first-order valence-electron chi connectivity index (χ1n) is 7.11. The molecule has 110 valence electrons. The Kier molecular flexibility index (Phi) is 4.48. The zero-order valence-corrected chi connectivity index (χ0v) is 12.2. The van der Waals surface area contributed by atoms with E-state index in [1.54, 1.807) is 0 Å². The first-order valence-corrected chi connectivity index (χ1v) is 7.11. The molecule has 0 amide bonds. The van der Waals surface area contributed by atoms with Crippen LogP contribution in [-0.4, -0.2) is 55.1 Å². The lowest BCUT2D eigenvalue weighted by Crippen LogP contribution is -2.45. The first kappa shape index (κ1) is 14.8. The van der Waals surface area contributed by atoms with Crippen LogP contribution in [0.3, 0.4) is 0 Å². The van der Waals surface area contributed by atoms with Gasteiger partial charge in [-0.25, -0.2) is 0 Å². The molecule has 2 saturated heterocycles. The zero-order chi connectivity index (χ0) is 13.9. The summed E-state index contributed by atoms with van der Waals surface area (Å²) < 4.78 is 16.7. The third-order valence-electron chi connectivity index (χ3n) is 3.48. The summed E-state index contributed by atoms with van der Waals surface area (Å²) in [4.78, 5) is 13.9. The van der Waals surface area contributed by atoms with Crippen molar-refractivity contribution < 1.29 is 19.0 Å². The fourth-order valence-electron chi connectivity index (χ4n) is 2.54. The number of piperidine rings is 1. The molecular weight excluding hydrogens is 246 g/mol. The SMILES string of the molecule is CC(C)(C)OC(=O)CCN1CCC2(CC1)OCCO2. The van der Waals surface area contributed by atoms with Crippen molar-refractivity contribution in [1.29, 1.82) is 0 Å². The molecule has 2 rings (SSSR count). The lowest BCUT2D eigenvalue weighted by Gasteiger charge is -2.37. The van der Waals surface area contributed by atoms with Crippen LogP contribution in [0.1, 0.15) is 40.0 Å². The van der Waals surface area contributed by atoms with E-state index >= 15 is 0 Å². The van der Waals surface area contributed by atoms with E-state index in [2.05, 4.69) is 4.90 Å². The van der Waals surface area contributed by atoms with Crippen LogP contribution < -0.4 is 0 Å². The maximum Gasteiger partial charge on any atom is 0.307 e. The van der Waals surface area contributed by atoms with E-state index < -0.39 is 5.60 Å². The van der Waals surface area contributed by atoms with Gasteiger partial charge >= 0.3 is 5.97 Å². The van der Waals surface area contributed by atoms with Gasteiger partial charge in [-0.1, -0.05) is 0 Å². The second kappa shape index (κ2) is 5.77. The molecule has 0 atom stereocenters. The Bertz CT molecular complexity index is 308. The Morgan fingerprint density at radius 2 is 1.79 bits per heavy atom. The smallest absolute Gasteiger partial charge is 0.307 e. The quantitative estimate of drug-likeness (QED) is 0.729. The van der Waals surface area contributed by atoms with Crippen LogP contribution in [0.2, 0.25) is 0 Å². The zero-order valence-electron chi connectivity index (χ0n) is 12.2. The number of carbonyl (C=O) groups is 1. The normalized spacial score (nSPS) is 23.7. The van der Waals surface area contributed by atoms with E-state index in [0.717, 1.165) is 32.5 Å². The lowest BCUT2D eigenvalue weighted by molar-refractivity contribution is -0.185. The highest BCUT2D eigenvalue weighted by molar-refractivity contribution is 5.70. The number of ether oxygens (including phenoxy) is 3. The molecule has 0 bridgehead atoms. The summed E-state index contributed by atoms with van der Waals surface area (Å²) in [6.45, 7) is 9.69. The van der Waals surface area contributed by atoms with Crippen molar-refractivity contribution >= 4 is 5.97 Å². The fourth-order valence-corrected chi connectivity index (χ4v) is 2.54. The molecule has 0 unspecified atom stereocenters. The predicted molar refractivity (Wildman–Crippen MR) is 70.8 cm³/mol. The second-order valence-electron chi connectivity index (χ2n) is 6.29. The Morgan fingerprint density at radius 3 is 2.32 bits per heavy atom. The minimum atomic E-state index is -0.394. The Labute approximate surface area is 115 Å². The summed E-state index contributed by atoms with van der Waals surface area (Å²) >= 11 is 0. The summed E-state index contributed by atoms with van der Waals surface area (Å²) in [5.41, 5.74) is -0.394. The minimum Gasteiger partial charge on any atom is -0.460 e. The van der Waals surface area contributed by atoms with Crippen LogP contribution >= 0.6 is 0 Å². The van der Waals surface area contributed by atoms with Crippen LogP contribution in [0.5, 0.6) is 0 Å². The van der Waals surface area contributed by atoms with Gasteiger partial charge in [-0.2, -0.15) is 0 Å². The first-order chi connectivity index (χ1) is 8.89. The Hall–Kier alpha value is -0.650. The number of esters is 1. The van der Waals surface area contributed by atoms with Gasteiger partial charge in [0.1, 0.15) is 5.60 Å². The van der Waals surface area contributed by atoms with Crippen molar-refractivity contribution in [2.45, 2.75) is 51.4 Å². The largest absolute Gasteiger partial charge is 0.460 e. The number of hydrogen-bond donors (Lipinski definition) is 0. The molecule has 0 radical (unpaired) electrons. The number of nitrogens with zero attached hydrogens (tertiary/aromatic N) is 1. The molecule has 0 N–H and O–H groups in total. The van der Waals surface area contributed by atoms with Crippen molar-refractivity contribution in [2.75, 3.05) is 32.8 Å². The van der Waals surface area contributed by atoms with Crippen molar-refractivity contribution in [3.63, 3.8) is 0 Å². The third-order valence-corrected chi connectivity index (χ3v) is 3.48. The van der Waals surface area contributed by atoms with Gasteiger partial charge in [-0.3, -0.25) is 4.79 Å². The molecule has 2 aliphatic rings. The van der Waals surface area contributed by atoms with E-state index in [0.29, 0.717) is 19.6 Å². The van der Waals surface area contributed by atoms with Gasteiger partial charge in [0.15, 0.2) is 5.79 Å². The molecule has 2 heterocycles. The highest BCUT2D eigenvalue weighted by Crippen LogP contribution is 2.31. The standard InChI is InChI=1S/C14H25NO4/c1-13(2,3)19-12(16)4-7-15-8-5-14(6-9-15)17-10-11-18-14/h4-11H2,1-3H3. The van der Waals surface area contributed by atoms with E-state index in [4.69, 9.17) is 14.2 Å². The van der Waals surface area contributed by atoms with Gasteiger partial charge in [0, 0.05) is 32.5 Å². The fraction of sp³-hybridized carbons (Fsp3) is 0.929. The van der Waals surface area contributed by atoms with Crippen molar-refractivity contribution in [1.82, 2.24) is 4.90 Å². The monoisotopic (exact) mass is 271 g/mol. The van der Waals surface area contributed by atoms with Crippen LogP contribution in [0, 0.1) is 0 Å². The maximum absolute atomic E-state index is 11.7. The number of carbonyl (C=O) groups excluding carboxylic acids is 1. The maximum atomic E-state index is 11.7. The summed E-state index contributed by atoms with van der Waals surface area (Å²) in [5.74, 6) is -0.455. The van der Waals surface area contributed by atoms with Crippen LogP contribution in [0.4, 0.5) is 0 Å². The van der Waals surface area contributed by atoms with Crippen molar-refractivity contribution in [2.24, 2.45) is 0 Å². The molecule has 0 aliphatic carbocycles. The summed E-state index contributed by atoms with van der Waals surface area (Å²) in [6.07, 6.45) is 2.23. The molecule has 0 aromatic carbocycles. The second-order valence-corrected chi connectivity index (χ2v) is 6.29.